The maximum atomic E-state index is 11.0. The fraction of sp³-hybridized carbons (Fsp3) is 0.364. The summed E-state index contributed by atoms with van der Waals surface area (Å²) in [5.74, 6) is -0.424. The average molecular weight is 241 g/mol. The largest absolute Gasteiger partial charge is 0.367 e. The van der Waals surface area contributed by atoms with Crippen molar-refractivity contribution in [1.29, 1.82) is 0 Å². The van der Waals surface area contributed by atoms with Crippen LogP contribution in [0.3, 0.4) is 0 Å². The molecule has 1 atom stereocenters. The minimum absolute atomic E-state index is 0.424. The molecule has 1 aliphatic heterocycles. The van der Waals surface area contributed by atoms with Crippen molar-refractivity contribution >= 4 is 23.2 Å². The van der Waals surface area contributed by atoms with Gasteiger partial charge < -0.3 is 15.4 Å². The average Bonchev–Trinajstić information content (AvgIpc) is 2.29. The topological polar surface area (TPSA) is 55.6 Å². The van der Waals surface area contributed by atoms with Crippen LogP contribution in [-0.2, 0) is 9.53 Å². The van der Waals surface area contributed by atoms with E-state index in [0.717, 1.165) is 12.2 Å². The fourth-order valence-corrected chi connectivity index (χ4v) is 1.91. The van der Waals surface area contributed by atoms with Gasteiger partial charge in [0.05, 0.1) is 13.2 Å². The maximum Gasteiger partial charge on any atom is 0.248 e. The number of amides is 1. The molecule has 1 heterocycles. The molecule has 1 amide bonds. The zero-order valence-electron chi connectivity index (χ0n) is 8.73. The number of nitrogens with two attached hydrogens (primary N) is 1. The summed E-state index contributed by atoms with van der Waals surface area (Å²) in [7, 11) is 0. The normalized spacial score (nSPS) is 20.8. The van der Waals surface area contributed by atoms with Gasteiger partial charge in [-0.3, -0.25) is 4.79 Å². The number of nitrogens with zero attached hydrogens (tertiary/aromatic N) is 1. The van der Waals surface area contributed by atoms with Gasteiger partial charge in [0.25, 0.3) is 0 Å². The summed E-state index contributed by atoms with van der Waals surface area (Å²) < 4.78 is 5.27. The van der Waals surface area contributed by atoms with Gasteiger partial charge in [0, 0.05) is 17.3 Å². The number of carbonyl (C=O) groups is 1. The summed E-state index contributed by atoms with van der Waals surface area (Å²) in [6.07, 6.45) is -0.535. The van der Waals surface area contributed by atoms with Gasteiger partial charge in [0.2, 0.25) is 5.91 Å². The zero-order valence-corrected chi connectivity index (χ0v) is 9.48. The lowest BCUT2D eigenvalue weighted by atomic mass is 10.2. The molecule has 1 aromatic carbocycles. The molecule has 16 heavy (non-hydrogen) atoms. The molecule has 86 valence electrons. The Morgan fingerprint density at radius 3 is 3.06 bits per heavy atom. The Labute approximate surface area is 98.9 Å². The first-order valence-electron chi connectivity index (χ1n) is 5.08. The van der Waals surface area contributed by atoms with E-state index in [9.17, 15) is 4.79 Å². The number of carbonyl (C=O) groups excluding carboxylic acids is 1. The Morgan fingerprint density at radius 2 is 2.38 bits per heavy atom. The van der Waals surface area contributed by atoms with Gasteiger partial charge in [-0.1, -0.05) is 17.7 Å². The molecular formula is C11H13ClN2O2. The summed E-state index contributed by atoms with van der Waals surface area (Å²) in [6, 6.07) is 7.52. The standard InChI is InChI=1S/C11H13ClN2O2/c12-8-2-1-3-9(6-8)14-4-5-16-10(7-14)11(13)15/h1-3,6,10H,4-5,7H2,(H2,13,15). The molecule has 2 N–H and O–H groups in total. The molecule has 0 aromatic heterocycles. The molecular weight excluding hydrogens is 228 g/mol. The van der Waals surface area contributed by atoms with Gasteiger partial charge in [0.1, 0.15) is 0 Å². The predicted molar refractivity (Wildman–Crippen MR) is 62.6 cm³/mol. The van der Waals surface area contributed by atoms with Crippen LogP contribution >= 0.6 is 11.6 Å². The predicted octanol–water partition coefficient (Wildman–Crippen LogP) is 1.03. The van der Waals surface area contributed by atoms with E-state index in [1.807, 2.05) is 29.2 Å². The Morgan fingerprint density at radius 1 is 1.56 bits per heavy atom. The van der Waals surface area contributed by atoms with Crippen molar-refractivity contribution in [2.45, 2.75) is 6.10 Å². The van der Waals surface area contributed by atoms with E-state index in [1.54, 1.807) is 0 Å². The second-order valence-electron chi connectivity index (χ2n) is 3.69. The van der Waals surface area contributed by atoms with Crippen molar-refractivity contribution in [3.63, 3.8) is 0 Å². The first-order chi connectivity index (χ1) is 7.66. The SMILES string of the molecule is NC(=O)C1CN(c2cccc(Cl)c2)CCO1. The molecule has 0 aliphatic carbocycles. The number of rotatable bonds is 2. The number of benzene rings is 1. The van der Waals surface area contributed by atoms with Crippen LogP contribution in [0.15, 0.2) is 24.3 Å². The smallest absolute Gasteiger partial charge is 0.248 e. The second-order valence-corrected chi connectivity index (χ2v) is 4.12. The monoisotopic (exact) mass is 240 g/mol. The highest BCUT2D eigenvalue weighted by Gasteiger charge is 2.24. The summed E-state index contributed by atoms with van der Waals surface area (Å²) in [5.41, 5.74) is 6.21. The molecule has 0 saturated carbocycles. The van der Waals surface area contributed by atoms with Crippen molar-refractivity contribution in [1.82, 2.24) is 0 Å². The van der Waals surface area contributed by atoms with E-state index in [0.29, 0.717) is 18.2 Å². The number of halogens is 1. The summed E-state index contributed by atoms with van der Waals surface area (Å²) in [6.45, 7) is 1.72. The van der Waals surface area contributed by atoms with E-state index in [-0.39, 0.29) is 0 Å². The Bertz CT molecular complexity index is 397. The van der Waals surface area contributed by atoms with Crippen molar-refractivity contribution < 1.29 is 9.53 Å². The number of primary amides is 1. The van der Waals surface area contributed by atoms with Gasteiger partial charge in [-0.2, -0.15) is 0 Å². The van der Waals surface area contributed by atoms with E-state index < -0.39 is 12.0 Å². The third kappa shape index (κ3) is 2.46. The molecule has 1 aromatic rings. The summed E-state index contributed by atoms with van der Waals surface area (Å²) >= 11 is 5.91. The number of hydrogen-bond acceptors (Lipinski definition) is 3. The van der Waals surface area contributed by atoms with Gasteiger partial charge in [0.15, 0.2) is 6.10 Å². The maximum absolute atomic E-state index is 11.0. The van der Waals surface area contributed by atoms with Crippen LogP contribution in [0.25, 0.3) is 0 Å². The van der Waals surface area contributed by atoms with Gasteiger partial charge >= 0.3 is 0 Å². The molecule has 2 rings (SSSR count). The van der Waals surface area contributed by atoms with Crippen molar-refractivity contribution in [3.05, 3.63) is 29.3 Å². The zero-order chi connectivity index (χ0) is 11.5. The molecule has 5 heteroatoms. The van der Waals surface area contributed by atoms with Crippen LogP contribution < -0.4 is 10.6 Å². The number of anilines is 1. The Kier molecular flexibility index (Phi) is 3.31. The van der Waals surface area contributed by atoms with Crippen LogP contribution in [0.2, 0.25) is 5.02 Å². The third-order valence-electron chi connectivity index (χ3n) is 2.56. The number of hydrogen-bond donors (Lipinski definition) is 1. The first kappa shape index (κ1) is 11.2. The lowest BCUT2D eigenvalue weighted by Crippen LogP contribution is -2.48. The minimum Gasteiger partial charge on any atom is -0.367 e. The molecule has 1 saturated heterocycles. The van der Waals surface area contributed by atoms with Crippen LogP contribution in [0, 0.1) is 0 Å². The highest BCUT2D eigenvalue weighted by atomic mass is 35.5. The van der Waals surface area contributed by atoms with Crippen LogP contribution in [-0.4, -0.2) is 31.7 Å². The molecule has 4 nitrogen and oxygen atoms in total. The van der Waals surface area contributed by atoms with Gasteiger partial charge in [-0.05, 0) is 18.2 Å². The van der Waals surface area contributed by atoms with Gasteiger partial charge in [-0.25, -0.2) is 0 Å². The molecule has 1 fully saturated rings. The van der Waals surface area contributed by atoms with Crippen LogP contribution in [0.4, 0.5) is 5.69 Å². The van der Waals surface area contributed by atoms with E-state index in [2.05, 4.69) is 0 Å². The number of morpholine rings is 1. The second kappa shape index (κ2) is 4.72. The third-order valence-corrected chi connectivity index (χ3v) is 2.79. The number of ether oxygens (including phenoxy) is 1. The van der Waals surface area contributed by atoms with Crippen LogP contribution in [0.5, 0.6) is 0 Å². The first-order valence-corrected chi connectivity index (χ1v) is 5.46. The van der Waals surface area contributed by atoms with Crippen molar-refractivity contribution in [2.24, 2.45) is 5.73 Å². The highest BCUT2D eigenvalue weighted by Crippen LogP contribution is 2.21. The van der Waals surface area contributed by atoms with Crippen molar-refractivity contribution in [3.8, 4) is 0 Å². The fourth-order valence-electron chi connectivity index (χ4n) is 1.73. The Hall–Kier alpha value is -1.26. The molecule has 1 unspecified atom stereocenters. The van der Waals surface area contributed by atoms with Crippen molar-refractivity contribution in [2.75, 3.05) is 24.6 Å². The lowest BCUT2D eigenvalue weighted by molar-refractivity contribution is -0.130. The molecule has 1 aliphatic rings. The summed E-state index contributed by atoms with van der Waals surface area (Å²) in [4.78, 5) is 13.1. The lowest BCUT2D eigenvalue weighted by Gasteiger charge is -2.33. The highest BCUT2D eigenvalue weighted by molar-refractivity contribution is 6.30. The Balaban J connectivity index is 2.12. The van der Waals surface area contributed by atoms with Gasteiger partial charge in [-0.15, -0.1) is 0 Å². The molecule has 0 bridgehead atoms. The van der Waals surface area contributed by atoms with E-state index in [4.69, 9.17) is 22.1 Å². The van der Waals surface area contributed by atoms with Crippen LogP contribution in [0.1, 0.15) is 0 Å². The summed E-state index contributed by atoms with van der Waals surface area (Å²) in [5, 5.41) is 0.680. The van der Waals surface area contributed by atoms with E-state index in [1.165, 1.54) is 0 Å². The minimum atomic E-state index is -0.535. The van der Waals surface area contributed by atoms with E-state index >= 15 is 0 Å². The molecule has 0 spiro atoms. The quantitative estimate of drug-likeness (QED) is 0.840. The molecule has 0 radical (unpaired) electrons.